The SMILES string of the molecule is CC1CCN(C2=NC(=O)/C(=C/c3cn(-c4ccccc4)nc3-c3cccc(OCc4ccccc4F)c3)S2)CC1. The van der Waals surface area contributed by atoms with Crippen molar-refractivity contribution in [1.82, 2.24) is 14.7 Å². The summed E-state index contributed by atoms with van der Waals surface area (Å²) < 4.78 is 21.8. The molecule has 1 fully saturated rings. The molecule has 0 atom stereocenters. The van der Waals surface area contributed by atoms with Crippen molar-refractivity contribution in [2.45, 2.75) is 26.4 Å². The van der Waals surface area contributed by atoms with Gasteiger partial charge in [0, 0.05) is 36.0 Å². The van der Waals surface area contributed by atoms with Crippen LogP contribution in [0.5, 0.6) is 5.75 Å². The van der Waals surface area contributed by atoms with E-state index in [9.17, 15) is 9.18 Å². The third kappa shape index (κ3) is 5.72. The molecule has 0 N–H and O–H groups in total. The lowest BCUT2D eigenvalue weighted by Crippen LogP contribution is -2.35. The van der Waals surface area contributed by atoms with Gasteiger partial charge in [0.05, 0.1) is 10.6 Å². The minimum absolute atomic E-state index is 0.117. The molecule has 0 spiro atoms. The predicted octanol–water partition coefficient (Wildman–Crippen LogP) is 6.96. The fraction of sp³-hybridized carbons (Fsp3) is 0.219. The monoisotopic (exact) mass is 552 g/mol. The van der Waals surface area contributed by atoms with Crippen molar-refractivity contribution in [3.05, 3.63) is 107 Å². The van der Waals surface area contributed by atoms with E-state index in [1.54, 1.807) is 18.2 Å². The van der Waals surface area contributed by atoms with Gasteiger partial charge in [0.15, 0.2) is 5.17 Å². The number of ether oxygens (including phenoxy) is 1. The molecule has 0 aliphatic carbocycles. The van der Waals surface area contributed by atoms with Crippen LogP contribution in [-0.4, -0.2) is 38.8 Å². The molecular weight excluding hydrogens is 523 g/mol. The maximum Gasteiger partial charge on any atom is 0.286 e. The second-order valence-corrected chi connectivity index (χ2v) is 11.1. The Morgan fingerprint density at radius 3 is 2.60 bits per heavy atom. The number of aliphatic imine (C=N–C) groups is 1. The number of amides is 1. The summed E-state index contributed by atoms with van der Waals surface area (Å²) in [5.41, 5.74) is 3.73. The van der Waals surface area contributed by atoms with E-state index in [0.717, 1.165) is 47.9 Å². The predicted molar refractivity (Wildman–Crippen MR) is 158 cm³/mol. The summed E-state index contributed by atoms with van der Waals surface area (Å²) in [6.45, 7) is 4.23. The lowest BCUT2D eigenvalue weighted by atomic mass is 10.00. The number of aromatic nitrogens is 2. The molecule has 2 aliphatic heterocycles. The van der Waals surface area contributed by atoms with Crippen LogP contribution in [-0.2, 0) is 11.4 Å². The van der Waals surface area contributed by atoms with Crippen molar-refractivity contribution in [3.63, 3.8) is 0 Å². The Morgan fingerprint density at radius 1 is 1.02 bits per heavy atom. The van der Waals surface area contributed by atoms with Crippen LogP contribution in [0.3, 0.4) is 0 Å². The number of thioether (sulfide) groups is 1. The van der Waals surface area contributed by atoms with Gasteiger partial charge in [-0.1, -0.05) is 55.5 Å². The number of likely N-dealkylation sites (tertiary alicyclic amines) is 1. The molecule has 2 aliphatic rings. The van der Waals surface area contributed by atoms with Gasteiger partial charge in [0.1, 0.15) is 23.9 Å². The number of amidine groups is 1. The molecule has 1 saturated heterocycles. The Labute approximate surface area is 237 Å². The van der Waals surface area contributed by atoms with Crippen LogP contribution >= 0.6 is 11.8 Å². The number of carbonyl (C=O) groups excluding carboxylic acids is 1. The standard InChI is InChI=1S/C32H29FN4O2S/c1-22-14-16-36(17-15-22)32-34-31(38)29(40-32)19-25-20-37(26-10-3-2-4-11-26)35-30(25)23-9-7-12-27(18-23)39-21-24-8-5-6-13-28(24)33/h2-13,18-20,22H,14-17,21H2,1H3/b29-19-. The topological polar surface area (TPSA) is 59.7 Å². The van der Waals surface area contributed by atoms with Gasteiger partial charge in [-0.2, -0.15) is 10.1 Å². The molecule has 0 radical (unpaired) electrons. The molecule has 6 nitrogen and oxygen atoms in total. The van der Waals surface area contributed by atoms with Gasteiger partial charge in [0.25, 0.3) is 5.91 Å². The van der Waals surface area contributed by atoms with Crippen LogP contribution in [0.2, 0.25) is 0 Å². The minimum Gasteiger partial charge on any atom is -0.489 e. The summed E-state index contributed by atoms with van der Waals surface area (Å²) in [4.78, 5) is 20.1. The summed E-state index contributed by atoms with van der Waals surface area (Å²) in [5, 5.41) is 5.68. The highest BCUT2D eigenvalue weighted by Crippen LogP contribution is 2.35. The highest BCUT2D eigenvalue weighted by molar-refractivity contribution is 8.18. The molecule has 202 valence electrons. The first-order valence-corrected chi connectivity index (χ1v) is 14.2. The molecular formula is C32H29FN4O2S. The Bertz CT molecular complexity index is 1590. The van der Waals surface area contributed by atoms with E-state index in [1.165, 1.54) is 17.8 Å². The Hall–Kier alpha value is -4.17. The first-order valence-electron chi connectivity index (χ1n) is 13.4. The van der Waals surface area contributed by atoms with E-state index < -0.39 is 0 Å². The number of benzene rings is 3. The second kappa shape index (κ2) is 11.5. The number of hydrogen-bond donors (Lipinski definition) is 0. The fourth-order valence-electron chi connectivity index (χ4n) is 4.81. The molecule has 3 aromatic carbocycles. The Kier molecular flexibility index (Phi) is 7.51. The van der Waals surface area contributed by atoms with Crippen LogP contribution in [0.15, 0.2) is 95.0 Å². The van der Waals surface area contributed by atoms with Gasteiger partial charge in [-0.25, -0.2) is 9.07 Å². The zero-order chi connectivity index (χ0) is 27.5. The molecule has 40 heavy (non-hydrogen) atoms. The molecule has 0 saturated carbocycles. The number of halogens is 1. The molecule has 0 unspecified atom stereocenters. The van der Waals surface area contributed by atoms with E-state index in [2.05, 4.69) is 16.8 Å². The van der Waals surface area contributed by atoms with Gasteiger partial charge in [0.2, 0.25) is 0 Å². The zero-order valence-corrected chi connectivity index (χ0v) is 23.0. The molecule has 0 bridgehead atoms. The fourth-order valence-corrected chi connectivity index (χ4v) is 5.77. The van der Waals surface area contributed by atoms with E-state index in [0.29, 0.717) is 27.8 Å². The summed E-state index contributed by atoms with van der Waals surface area (Å²) in [5.74, 6) is 0.782. The number of piperidine rings is 1. The summed E-state index contributed by atoms with van der Waals surface area (Å²) in [6.07, 6.45) is 6.02. The largest absolute Gasteiger partial charge is 0.489 e. The Balaban J connectivity index is 1.30. The van der Waals surface area contributed by atoms with E-state index in [-0.39, 0.29) is 18.3 Å². The van der Waals surface area contributed by atoms with Crippen molar-refractivity contribution in [2.75, 3.05) is 13.1 Å². The highest BCUT2D eigenvalue weighted by Gasteiger charge is 2.29. The number of para-hydroxylation sites is 1. The van der Waals surface area contributed by atoms with Gasteiger partial charge in [-0.05, 0) is 66.9 Å². The maximum atomic E-state index is 14.1. The third-order valence-electron chi connectivity index (χ3n) is 7.17. The molecule has 3 heterocycles. The second-order valence-electron chi connectivity index (χ2n) is 10.1. The van der Waals surface area contributed by atoms with Crippen molar-refractivity contribution in [1.29, 1.82) is 0 Å². The number of carbonyl (C=O) groups is 1. The summed E-state index contributed by atoms with van der Waals surface area (Å²) >= 11 is 1.43. The highest BCUT2D eigenvalue weighted by atomic mass is 32.2. The van der Waals surface area contributed by atoms with E-state index >= 15 is 0 Å². The summed E-state index contributed by atoms with van der Waals surface area (Å²) in [6, 6.07) is 24.0. The Morgan fingerprint density at radius 2 is 1.80 bits per heavy atom. The quantitative estimate of drug-likeness (QED) is 0.242. The van der Waals surface area contributed by atoms with E-state index in [4.69, 9.17) is 9.84 Å². The smallest absolute Gasteiger partial charge is 0.286 e. The lowest BCUT2D eigenvalue weighted by molar-refractivity contribution is -0.113. The normalized spacial score (nSPS) is 16.9. The van der Waals surface area contributed by atoms with Gasteiger partial charge in [-0.15, -0.1) is 0 Å². The molecule has 1 aromatic heterocycles. The van der Waals surface area contributed by atoms with Crippen LogP contribution in [0.4, 0.5) is 4.39 Å². The van der Waals surface area contributed by atoms with Gasteiger partial charge in [-0.3, -0.25) is 4.79 Å². The van der Waals surface area contributed by atoms with Crippen molar-refractivity contribution < 1.29 is 13.9 Å². The van der Waals surface area contributed by atoms with Crippen molar-refractivity contribution in [3.8, 4) is 22.7 Å². The van der Waals surface area contributed by atoms with E-state index in [1.807, 2.05) is 71.6 Å². The number of nitrogens with zero attached hydrogens (tertiary/aromatic N) is 4. The van der Waals surface area contributed by atoms with Crippen LogP contribution in [0.1, 0.15) is 30.9 Å². The first kappa shape index (κ1) is 26.1. The van der Waals surface area contributed by atoms with Crippen molar-refractivity contribution >= 4 is 28.9 Å². The van der Waals surface area contributed by atoms with Gasteiger partial charge >= 0.3 is 0 Å². The molecule has 6 rings (SSSR count). The zero-order valence-electron chi connectivity index (χ0n) is 22.2. The first-order chi connectivity index (χ1) is 19.5. The lowest BCUT2D eigenvalue weighted by Gasteiger charge is -2.30. The third-order valence-corrected chi connectivity index (χ3v) is 8.22. The average molecular weight is 553 g/mol. The molecule has 4 aromatic rings. The van der Waals surface area contributed by atoms with Crippen LogP contribution in [0.25, 0.3) is 23.0 Å². The molecule has 1 amide bonds. The molecule has 8 heteroatoms. The van der Waals surface area contributed by atoms with Crippen LogP contribution in [0, 0.1) is 11.7 Å². The number of rotatable bonds is 6. The summed E-state index contributed by atoms with van der Waals surface area (Å²) in [7, 11) is 0. The van der Waals surface area contributed by atoms with Gasteiger partial charge < -0.3 is 9.64 Å². The van der Waals surface area contributed by atoms with Crippen LogP contribution < -0.4 is 4.74 Å². The minimum atomic E-state index is -0.298. The maximum absolute atomic E-state index is 14.1. The van der Waals surface area contributed by atoms with Crippen molar-refractivity contribution in [2.24, 2.45) is 10.9 Å². The number of hydrogen-bond acceptors (Lipinski definition) is 5. The average Bonchev–Trinajstić information content (AvgIpc) is 3.57.